The Balaban J connectivity index is 0.00000289. The summed E-state index contributed by atoms with van der Waals surface area (Å²) in [6, 6.07) is 10.1. The molecule has 3 nitrogen and oxygen atoms in total. The van der Waals surface area contributed by atoms with Crippen molar-refractivity contribution >= 4 is 12.2 Å². The van der Waals surface area contributed by atoms with Crippen molar-refractivity contribution in [2.75, 3.05) is 6.61 Å². The molecule has 0 bridgehead atoms. The molecule has 0 radical (unpaired) electrons. The molecule has 0 atom stereocenters. The first-order valence-corrected chi connectivity index (χ1v) is 5.78. The van der Waals surface area contributed by atoms with Gasteiger partial charge in [0.25, 0.3) is 5.97 Å². The molecule has 92 valence electrons. The number of hydrogen-bond donors (Lipinski definition) is 0. The molecule has 0 aliphatic rings. The van der Waals surface area contributed by atoms with Crippen LogP contribution in [0.1, 0.15) is 26.3 Å². The Kier molecular flexibility index (Phi) is 8.27. The van der Waals surface area contributed by atoms with E-state index in [-0.39, 0.29) is 30.7 Å². The minimum atomic E-state index is -0.338. The zero-order chi connectivity index (χ0) is 12.7. The topological polar surface area (TPSA) is 38.7 Å². The third-order valence-corrected chi connectivity index (χ3v) is 2.18. The van der Waals surface area contributed by atoms with Crippen molar-refractivity contribution in [3.05, 3.63) is 41.9 Å². The summed E-state index contributed by atoms with van der Waals surface area (Å²) in [7, 11) is 0. The fourth-order valence-corrected chi connectivity index (χ4v) is 1.33. The largest absolute Gasteiger partial charge is 1.00 e. The van der Waals surface area contributed by atoms with E-state index in [0.717, 1.165) is 5.56 Å². The van der Waals surface area contributed by atoms with E-state index in [4.69, 9.17) is 4.74 Å². The molecular weight excluding hydrogens is 221 g/mol. The number of rotatable bonds is 5. The quantitative estimate of drug-likeness (QED) is 0.310. The average molecular weight is 239 g/mol. The molecule has 0 heterocycles. The number of nitrogens with zero attached hydrogens (tertiary/aromatic N) is 1. The van der Waals surface area contributed by atoms with E-state index in [1.165, 1.54) is 0 Å². The fraction of sp³-hybridized carbons (Fsp3) is 0.357. The monoisotopic (exact) mass is 239 g/mol. The summed E-state index contributed by atoms with van der Waals surface area (Å²) in [6.07, 6.45) is 1.69. The number of ether oxygens (including phenoxy) is 1. The van der Waals surface area contributed by atoms with Crippen LogP contribution in [-0.2, 0) is 9.53 Å². The van der Waals surface area contributed by atoms with Gasteiger partial charge in [0.2, 0.25) is 0 Å². The molecule has 0 fully saturated rings. The molecule has 1 aromatic carbocycles. The van der Waals surface area contributed by atoms with E-state index >= 15 is 0 Å². The summed E-state index contributed by atoms with van der Waals surface area (Å²) in [5.74, 6) is -0.288. The maximum atomic E-state index is 11.6. The third kappa shape index (κ3) is 5.44. The SMILES string of the molecule is CCOC(=O)[C-](N=Cc1ccccc1)C(C)C.[Li+]. The molecule has 0 aliphatic heterocycles. The Hall–Kier alpha value is -1.17. The van der Waals surface area contributed by atoms with Gasteiger partial charge in [-0.15, -0.1) is 6.21 Å². The Labute approximate surface area is 121 Å². The first-order chi connectivity index (χ1) is 8.15. The zero-order valence-corrected chi connectivity index (χ0v) is 11.5. The van der Waals surface area contributed by atoms with Crippen molar-refractivity contribution < 1.29 is 28.4 Å². The van der Waals surface area contributed by atoms with Gasteiger partial charge in [0, 0.05) is 0 Å². The van der Waals surface area contributed by atoms with Gasteiger partial charge in [-0.25, -0.2) is 0 Å². The summed E-state index contributed by atoms with van der Waals surface area (Å²) in [6.45, 7) is 6.01. The van der Waals surface area contributed by atoms with Crippen LogP contribution in [0, 0.1) is 12.0 Å². The molecule has 1 rings (SSSR count). The van der Waals surface area contributed by atoms with Gasteiger partial charge in [-0.2, -0.15) is 0 Å². The molecule has 1 aromatic rings. The van der Waals surface area contributed by atoms with Crippen LogP contribution in [0.2, 0.25) is 0 Å². The molecule has 0 spiro atoms. The maximum Gasteiger partial charge on any atom is 1.00 e. The van der Waals surface area contributed by atoms with Gasteiger partial charge in [0.1, 0.15) is 0 Å². The molecule has 0 saturated carbocycles. The van der Waals surface area contributed by atoms with E-state index in [0.29, 0.717) is 12.6 Å². The molecule has 0 amide bonds. The fourth-order valence-electron chi connectivity index (χ4n) is 1.33. The molecule has 0 N–H and O–H groups in total. The van der Waals surface area contributed by atoms with E-state index in [2.05, 4.69) is 4.99 Å². The van der Waals surface area contributed by atoms with Gasteiger partial charge >= 0.3 is 18.9 Å². The van der Waals surface area contributed by atoms with Gasteiger partial charge in [-0.3, -0.25) is 4.79 Å². The summed E-state index contributed by atoms with van der Waals surface area (Å²) < 4.78 is 4.96. The minimum Gasteiger partial charge on any atom is -0.475 e. The van der Waals surface area contributed by atoms with Crippen LogP contribution in [0.15, 0.2) is 35.3 Å². The first-order valence-electron chi connectivity index (χ1n) is 5.78. The summed E-state index contributed by atoms with van der Waals surface area (Å²) in [5, 5.41) is 0. The molecule has 0 aromatic heterocycles. The van der Waals surface area contributed by atoms with Crippen LogP contribution < -0.4 is 18.9 Å². The summed E-state index contributed by atoms with van der Waals surface area (Å²) in [5.41, 5.74) is 0.968. The predicted molar refractivity (Wildman–Crippen MR) is 68.8 cm³/mol. The van der Waals surface area contributed by atoms with Crippen LogP contribution >= 0.6 is 0 Å². The predicted octanol–water partition coefficient (Wildman–Crippen LogP) is -0.139. The van der Waals surface area contributed by atoms with E-state index in [1.807, 2.05) is 44.2 Å². The van der Waals surface area contributed by atoms with Gasteiger partial charge in [-0.05, 0) is 13.0 Å². The summed E-state index contributed by atoms with van der Waals surface area (Å²) in [4.78, 5) is 15.9. The Morgan fingerprint density at radius 1 is 1.39 bits per heavy atom. The number of hydrogen-bond acceptors (Lipinski definition) is 3. The van der Waals surface area contributed by atoms with Crippen LogP contribution in [0.5, 0.6) is 0 Å². The van der Waals surface area contributed by atoms with Crippen molar-refractivity contribution in [3.8, 4) is 0 Å². The van der Waals surface area contributed by atoms with Crippen LogP contribution in [-0.4, -0.2) is 18.8 Å². The van der Waals surface area contributed by atoms with Gasteiger partial charge < -0.3 is 9.73 Å². The van der Waals surface area contributed by atoms with Crippen molar-refractivity contribution in [2.45, 2.75) is 20.8 Å². The normalized spacial score (nSPS) is 10.2. The van der Waals surface area contributed by atoms with Crippen LogP contribution in [0.4, 0.5) is 0 Å². The molecule has 4 heteroatoms. The second-order valence-corrected chi connectivity index (χ2v) is 3.93. The smallest absolute Gasteiger partial charge is 0.475 e. The van der Waals surface area contributed by atoms with E-state index < -0.39 is 0 Å². The van der Waals surface area contributed by atoms with Crippen LogP contribution in [0.25, 0.3) is 0 Å². The third-order valence-electron chi connectivity index (χ3n) is 2.18. The van der Waals surface area contributed by atoms with Gasteiger partial charge in [-0.1, -0.05) is 55.7 Å². The Morgan fingerprint density at radius 3 is 2.50 bits per heavy atom. The number of aliphatic imine (C=N–C) groups is 1. The zero-order valence-electron chi connectivity index (χ0n) is 11.5. The van der Waals surface area contributed by atoms with Crippen LogP contribution in [0.3, 0.4) is 0 Å². The molecular formula is C14H18LiNO2. The van der Waals surface area contributed by atoms with Gasteiger partial charge in [0.05, 0.1) is 6.61 Å². The number of benzene rings is 1. The molecule has 0 aliphatic carbocycles. The molecule has 0 saturated heterocycles. The number of carbonyl (C=O) groups excluding carboxylic acids is 1. The van der Waals surface area contributed by atoms with Crippen molar-refractivity contribution in [3.63, 3.8) is 0 Å². The molecule has 0 unspecified atom stereocenters. The van der Waals surface area contributed by atoms with E-state index in [1.54, 1.807) is 13.1 Å². The first kappa shape index (κ1) is 16.8. The van der Waals surface area contributed by atoms with Crippen molar-refractivity contribution in [1.29, 1.82) is 0 Å². The molecule has 18 heavy (non-hydrogen) atoms. The van der Waals surface area contributed by atoms with Gasteiger partial charge in [0.15, 0.2) is 0 Å². The second-order valence-electron chi connectivity index (χ2n) is 3.93. The van der Waals surface area contributed by atoms with Crippen molar-refractivity contribution in [1.82, 2.24) is 0 Å². The minimum absolute atomic E-state index is 0. The summed E-state index contributed by atoms with van der Waals surface area (Å²) >= 11 is 0. The Bertz CT molecular complexity index is 377. The van der Waals surface area contributed by atoms with Crippen molar-refractivity contribution in [2.24, 2.45) is 10.9 Å². The maximum absolute atomic E-state index is 11.6. The standard InChI is InChI=1S/C14H18NO2.Li/c1-4-17-14(16)13(11(2)3)15-10-12-8-6-5-7-9-12;/h5-11H,4H2,1-3H3;/q-1;+1. The average Bonchev–Trinajstić information content (AvgIpc) is 2.30. The number of esters is 1. The van der Waals surface area contributed by atoms with E-state index in [9.17, 15) is 4.79 Å². The number of carbonyl (C=O) groups is 1. The second kappa shape index (κ2) is 8.85. The Morgan fingerprint density at radius 2 is 2.00 bits per heavy atom.